The van der Waals surface area contributed by atoms with Gasteiger partial charge >= 0.3 is 0 Å². The lowest BCUT2D eigenvalue weighted by Gasteiger charge is -2.58. The number of likely N-dealkylation sites (tertiary alicyclic amines) is 1. The van der Waals surface area contributed by atoms with E-state index in [1.807, 2.05) is 19.2 Å². The van der Waals surface area contributed by atoms with Crippen LogP contribution < -0.4 is 5.73 Å². The second-order valence-corrected chi connectivity index (χ2v) is 9.23. The number of aromatic nitrogens is 1. The maximum atomic E-state index is 11.7. The summed E-state index contributed by atoms with van der Waals surface area (Å²) >= 11 is 0. The quantitative estimate of drug-likeness (QED) is 0.824. The number of hydrogen-bond acceptors (Lipinski definition) is 4. The van der Waals surface area contributed by atoms with Gasteiger partial charge in [-0.1, -0.05) is 36.8 Å². The van der Waals surface area contributed by atoms with Crippen LogP contribution in [0.1, 0.15) is 59.6 Å². The first-order valence-electron chi connectivity index (χ1n) is 11.2. The molecule has 2 heterocycles. The van der Waals surface area contributed by atoms with Crippen molar-refractivity contribution >= 4 is 5.91 Å². The number of amides is 1. The summed E-state index contributed by atoms with van der Waals surface area (Å²) in [5.41, 5.74) is 8.03. The highest BCUT2D eigenvalue weighted by molar-refractivity contribution is 5.90. The van der Waals surface area contributed by atoms with E-state index in [9.17, 15) is 4.79 Å². The van der Waals surface area contributed by atoms with Gasteiger partial charge in [0.1, 0.15) is 11.3 Å². The zero-order valence-electron chi connectivity index (χ0n) is 17.7. The number of nitrogens with zero attached hydrogens (tertiary/aromatic N) is 2. The molecule has 0 radical (unpaired) electrons. The third-order valence-electron chi connectivity index (χ3n) is 7.96. The number of methoxy groups -OCH3 is 1. The van der Waals surface area contributed by atoms with Gasteiger partial charge < -0.3 is 10.5 Å². The number of hydrogen-bond donors (Lipinski definition) is 1. The normalized spacial score (nSPS) is 33.6. The number of benzene rings is 1. The number of fused-ring (bicyclic) bond motifs is 2. The van der Waals surface area contributed by atoms with Gasteiger partial charge in [0, 0.05) is 44.3 Å². The molecule has 3 fully saturated rings. The lowest BCUT2D eigenvalue weighted by atomic mass is 9.61. The highest BCUT2D eigenvalue weighted by Gasteiger charge is 2.55. The molecular weight excluding hydrogens is 374 g/mol. The molecular formula is C25H31N3O2. The van der Waals surface area contributed by atoms with Crippen molar-refractivity contribution in [1.82, 2.24) is 9.88 Å². The molecule has 1 saturated heterocycles. The number of pyridine rings is 1. The van der Waals surface area contributed by atoms with E-state index in [1.165, 1.54) is 24.8 Å². The molecule has 5 rings (SSSR count). The number of piperidine rings is 1. The van der Waals surface area contributed by atoms with E-state index in [-0.39, 0.29) is 5.60 Å². The molecule has 5 nitrogen and oxygen atoms in total. The summed E-state index contributed by atoms with van der Waals surface area (Å²) in [6, 6.07) is 15.5. The van der Waals surface area contributed by atoms with Crippen molar-refractivity contribution in [2.45, 2.75) is 49.7 Å². The average molecular weight is 406 g/mol. The SMILES string of the molecule is COC1(c2ccnc(C(N)=O)c2)C2CCCC1CN([C@@H]1CC[C@H]1c1ccccc1)C2. The fourth-order valence-electron chi connectivity index (χ4n) is 6.48. The Morgan fingerprint density at radius 3 is 2.43 bits per heavy atom. The molecule has 2 N–H and O–H groups in total. The Balaban J connectivity index is 1.44. The molecule has 158 valence electrons. The van der Waals surface area contributed by atoms with Gasteiger partial charge in [-0.05, 0) is 54.9 Å². The van der Waals surface area contributed by atoms with Gasteiger partial charge in [-0.2, -0.15) is 0 Å². The first-order valence-corrected chi connectivity index (χ1v) is 11.2. The van der Waals surface area contributed by atoms with Crippen molar-refractivity contribution in [2.75, 3.05) is 20.2 Å². The Labute approximate surface area is 178 Å². The molecule has 2 aliphatic carbocycles. The smallest absolute Gasteiger partial charge is 0.267 e. The summed E-state index contributed by atoms with van der Waals surface area (Å²) in [4.78, 5) is 18.6. The summed E-state index contributed by atoms with van der Waals surface area (Å²) in [6.45, 7) is 2.10. The lowest BCUT2D eigenvalue weighted by Crippen LogP contribution is -2.62. The van der Waals surface area contributed by atoms with Crippen molar-refractivity contribution in [3.05, 3.63) is 65.5 Å². The molecule has 3 aliphatic rings. The maximum absolute atomic E-state index is 11.7. The van der Waals surface area contributed by atoms with Gasteiger partial charge in [0.2, 0.25) is 0 Å². The van der Waals surface area contributed by atoms with Gasteiger partial charge in [0.05, 0.1) is 0 Å². The molecule has 2 aromatic rings. The van der Waals surface area contributed by atoms with E-state index >= 15 is 0 Å². The summed E-state index contributed by atoms with van der Waals surface area (Å²) in [5, 5.41) is 0. The summed E-state index contributed by atoms with van der Waals surface area (Å²) in [7, 11) is 1.83. The molecule has 2 unspecified atom stereocenters. The van der Waals surface area contributed by atoms with E-state index in [4.69, 9.17) is 10.5 Å². The highest BCUT2D eigenvalue weighted by atomic mass is 16.5. The first-order chi connectivity index (χ1) is 14.6. The van der Waals surface area contributed by atoms with Crippen LogP contribution in [0.15, 0.2) is 48.7 Å². The number of ether oxygens (including phenoxy) is 1. The van der Waals surface area contributed by atoms with Crippen LogP contribution in [-0.2, 0) is 10.3 Å². The molecule has 1 aliphatic heterocycles. The van der Waals surface area contributed by atoms with Crippen LogP contribution in [0, 0.1) is 11.8 Å². The lowest BCUT2D eigenvalue weighted by molar-refractivity contribution is -0.179. The molecule has 4 atom stereocenters. The Kier molecular flexibility index (Phi) is 5.11. The maximum Gasteiger partial charge on any atom is 0.267 e. The van der Waals surface area contributed by atoms with Crippen molar-refractivity contribution in [2.24, 2.45) is 17.6 Å². The summed E-state index contributed by atoms with van der Waals surface area (Å²) < 4.78 is 6.35. The number of primary amides is 1. The van der Waals surface area contributed by atoms with Gasteiger partial charge in [-0.15, -0.1) is 0 Å². The first kappa shape index (κ1) is 19.7. The van der Waals surface area contributed by atoms with E-state index in [2.05, 4.69) is 40.2 Å². The van der Waals surface area contributed by atoms with Crippen LogP contribution in [0.2, 0.25) is 0 Å². The van der Waals surface area contributed by atoms with Crippen LogP contribution in [0.4, 0.5) is 0 Å². The second kappa shape index (κ2) is 7.78. The van der Waals surface area contributed by atoms with Crippen molar-refractivity contribution < 1.29 is 9.53 Å². The van der Waals surface area contributed by atoms with Crippen molar-refractivity contribution in [3.63, 3.8) is 0 Å². The van der Waals surface area contributed by atoms with Gasteiger partial charge in [-0.3, -0.25) is 14.7 Å². The Morgan fingerprint density at radius 2 is 1.83 bits per heavy atom. The fraction of sp³-hybridized carbons (Fsp3) is 0.520. The Hall–Kier alpha value is -2.24. The van der Waals surface area contributed by atoms with Crippen LogP contribution in [0.5, 0.6) is 0 Å². The minimum absolute atomic E-state index is 0.326. The van der Waals surface area contributed by atoms with Crippen LogP contribution in [0.25, 0.3) is 0 Å². The van der Waals surface area contributed by atoms with Crippen molar-refractivity contribution in [3.8, 4) is 0 Å². The van der Waals surface area contributed by atoms with E-state index in [0.29, 0.717) is 29.5 Å². The number of nitrogens with two attached hydrogens (primary N) is 1. The zero-order valence-corrected chi connectivity index (χ0v) is 17.7. The molecule has 1 amide bonds. The Bertz CT molecular complexity index is 902. The molecule has 2 saturated carbocycles. The minimum atomic E-state index is -0.481. The average Bonchev–Trinajstić information content (AvgIpc) is 2.73. The van der Waals surface area contributed by atoms with Crippen LogP contribution in [0.3, 0.4) is 0 Å². The predicted molar refractivity (Wildman–Crippen MR) is 116 cm³/mol. The third-order valence-corrected chi connectivity index (χ3v) is 7.96. The molecule has 5 heteroatoms. The Morgan fingerprint density at radius 1 is 1.10 bits per heavy atom. The van der Waals surface area contributed by atoms with Crippen molar-refractivity contribution in [1.29, 1.82) is 0 Å². The third kappa shape index (κ3) is 3.07. The van der Waals surface area contributed by atoms with Gasteiger partial charge in [0.25, 0.3) is 5.91 Å². The van der Waals surface area contributed by atoms with Crippen LogP contribution in [-0.4, -0.2) is 42.0 Å². The van der Waals surface area contributed by atoms with E-state index < -0.39 is 5.91 Å². The highest BCUT2D eigenvalue weighted by Crippen LogP contribution is 2.53. The number of carbonyl (C=O) groups excluding carboxylic acids is 1. The van der Waals surface area contributed by atoms with E-state index in [1.54, 1.807) is 6.20 Å². The summed E-state index contributed by atoms with van der Waals surface area (Å²) in [5.74, 6) is 0.987. The molecule has 0 spiro atoms. The largest absolute Gasteiger partial charge is 0.373 e. The number of carbonyl (C=O) groups is 1. The fourth-order valence-corrected chi connectivity index (χ4v) is 6.48. The zero-order chi connectivity index (χ0) is 20.7. The minimum Gasteiger partial charge on any atom is -0.373 e. The number of rotatable bonds is 5. The van der Waals surface area contributed by atoms with Gasteiger partial charge in [-0.25, -0.2) is 0 Å². The topological polar surface area (TPSA) is 68.5 Å². The molecule has 1 aromatic heterocycles. The molecule has 2 bridgehead atoms. The molecule has 30 heavy (non-hydrogen) atoms. The predicted octanol–water partition coefficient (Wildman–Crippen LogP) is 3.70. The molecule has 1 aromatic carbocycles. The second-order valence-electron chi connectivity index (χ2n) is 9.23. The standard InChI is InChI=1S/C25H31N3O2/c1-30-25(18-12-13-27-22(14-18)24(26)29)19-8-5-9-20(25)16-28(15-19)23-11-10-21(23)17-6-3-2-4-7-17/h2-4,6-7,12-14,19-21,23H,5,8-11,15-16H2,1H3,(H2,26,29)/t19?,20?,21-,23+,25?/m0/s1. The van der Waals surface area contributed by atoms with Gasteiger partial charge in [0.15, 0.2) is 0 Å². The summed E-state index contributed by atoms with van der Waals surface area (Å²) in [6.07, 6.45) is 7.81. The monoisotopic (exact) mass is 405 g/mol. The van der Waals surface area contributed by atoms with E-state index in [0.717, 1.165) is 31.5 Å². The van der Waals surface area contributed by atoms with Crippen LogP contribution >= 0.6 is 0 Å².